The summed E-state index contributed by atoms with van der Waals surface area (Å²) in [5, 5.41) is 23.2. The lowest BCUT2D eigenvalue weighted by molar-refractivity contribution is -0.384. The van der Waals surface area contributed by atoms with Gasteiger partial charge in [-0.15, -0.1) is 11.3 Å². The van der Waals surface area contributed by atoms with E-state index in [-0.39, 0.29) is 29.5 Å². The molecule has 0 saturated carbocycles. The molecule has 2 amide bonds. The number of nitrogens with one attached hydrogen (secondary N) is 1. The highest BCUT2D eigenvalue weighted by Crippen LogP contribution is 2.33. The number of non-ortho nitro benzene ring substituents is 1. The van der Waals surface area contributed by atoms with Crippen molar-refractivity contribution >= 4 is 33.8 Å². The highest BCUT2D eigenvalue weighted by molar-refractivity contribution is 7.18. The molecule has 1 aromatic heterocycles. The standard InChI is InChI=1S/C19H20N4O4S/c1-4-22(5-2)19(25)17-12(3)15(11-20)18(28-17)21-16(24)10-13-6-8-14(9-7-13)23(26)27/h6-9H,4-5,10H2,1-3H3,(H,21,24). The molecule has 0 saturated heterocycles. The molecule has 0 atom stereocenters. The van der Waals surface area contributed by atoms with Crippen LogP contribution in [-0.4, -0.2) is 34.7 Å². The minimum atomic E-state index is -0.508. The minimum Gasteiger partial charge on any atom is -0.338 e. The summed E-state index contributed by atoms with van der Waals surface area (Å²) in [5.74, 6) is -0.534. The second-order valence-electron chi connectivity index (χ2n) is 6.00. The first-order valence-electron chi connectivity index (χ1n) is 8.68. The summed E-state index contributed by atoms with van der Waals surface area (Å²) >= 11 is 1.09. The van der Waals surface area contributed by atoms with Crippen LogP contribution in [0.4, 0.5) is 10.7 Å². The number of amides is 2. The summed E-state index contributed by atoms with van der Waals surface area (Å²) in [5.41, 5.74) is 1.38. The molecule has 146 valence electrons. The molecule has 0 aliphatic heterocycles. The predicted octanol–water partition coefficient (Wildman–Crippen LogP) is 3.50. The van der Waals surface area contributed by atoms with Crippen molar-refractivity contribution in [3.63, 3.8) is 0 Å². The highest BCUT2D eigenvalue weighted by atomic mass is 32.1. The van der Waals surface area contributed by atoms with Gasteiger partial charge in [0.1, 0.15) is 11.1 Å². The normalized spacial score (nSPS) is 10.2. The molecule has 0 bridgehead atoms. The Labute approximate surface area is 166 Å². The lowest BCUT2D eigenvalue weighted by atomic mass is 10.1. The summed E-state index contributed by atoms with van der Waals surface area (Å²) in [6, 6.07) is 7.74. The number of nitriles is 1. The molecule has 1 aromatic carbocycles. The number of carbonyl (C=O) groups excluding carboxylic acids is 2. The molecule has 8 nitrogen and oxygen atoms in total. The molecule has 9 heteroatoms. The Bertz CT molecular complexity index is 940. The first-order chi connectivity index (χ1) is 13.3. The zero-order chi connectivity index (χ0) is 20.8. The maximum Gasteiger partial charge on any atom is 0.269 e. The van der Waals surface area contributed by atoms with Gasteiger partial charge in [0.2, 0.25) is 5.91 Å². The Kier molecular flexibility index (Phi) is 6.84. The van der Waals surface area contributed by atoms with Crippen molar-refractivity contribution in [2.24, 2.45) is 0 Å². The van der Waals surface area contributed by atoms with Crippen molar-refractivity contribution in [3.8, 4) is 6.07 Å². The van der Waals surface area contributed by atoms with E-state index in [0.29, 0.717) is 34.1 Å². The van der Waals surface area contributed by atoms with Crippen molar-refractivity contribution in [3.05, 3.63) is 55.9 Å². The highest BCUT2D eigenvalue weighted by Gasteiger charge is 2.24. The van der Waals surface area contributed by atoms with Gasteiger partial charge in [0, 0.05) is 25.2 Å². The lowest BCUT2D eigenvalue weighted by Gasteiger charge is -2.17. The number of nitrogens with zero attached hydrogens (tertiary/aromatic N) is 3. The lowest BCUT2D eigenvalue weighted by Crippen LogP contribution is -2.30. The quantitative estimate of drug-likeness (QED) is 0.564. The van der Waals surface area contributed by atoms with E-state index in [9.17, 15) is 25.0 Å². The molecule has 1 heterocycles. The van der Waals surface area contributed by atoms with Crippen molar-refractivity contribution < 1.29 is 14.5 Å². The molecule has 0 aliphatic rings. The average Bonchev–Trinajstić information content (AvgIpc) is 2.98. The van der Waals surface area contributed by atoms with Gasteiger partial charge in [0.25, 0.3) is 11.6 Å². The van der Waals surface area contributed by atoms with E-state index in [4.69, 9.17) is 0 Å². The zero-order valence-electron chi connectivity index (χ0n) is 15.8. The molecule has 0 fully saturated rings. The van der Waals surface area contributed by atoms with E-state index < -0.39 is 4.92 Å². The van der Waals surface area contributed by atoms with Crippen LogP contribution in [0, 0.1) is 28.4 Å². The predicted molar refractivity (Wildman–Crippen MR) is 106 cm³/mol. The fraction of sp³-hybridized carbons (Fsp3) is 0.316. The van der Waals surface area contributed by atoms with Crippen LogP contribution in [0.3, 0.4) is 0 Å². The Morgan fingerprint density at radius 1 is 1.25 bits per heavy atom. The van der Waals surface area contributed by atoms with Gasteiger partial charge in [0.15, 0.2) is 0 Å². The molecule has 2 aromatic rings. The van der Waals surface area contributed by atoms with Gasteiger partial charge in [-0.05, 0) is 31.9 Å². The third-order valence-corrected chi connectivity index (χ3v) is 5.46. The first-order valence-corrected chi connectivity index (χ1v) is 9.49. The van der Waals surface area contributed by atoms with Crippen LogP contribution in [0.1, 0.15) is 40.2 Å². The van der Waals surface area contributed by atoms with Gasteiger partial charge in [-0.25, -0.2) is 0 Å². The number of nitro groups is 1. The van der Waals surface area contributed by atoms with Crippen LogP contribution in [0.2, 0.25) is 0 Å². The van der Waals surface area contributed by atoms with Gasteiger partial charge in [-0.2, -0.15) is 5.26 Å². The summed E-state index contributed by atoms with van der Waals surface area (Å²) in [7, 11) is 0. The van der Waals surface area contributed by atoms with Crippen LogP contribution in [0.15, 0.2) is 24.3 Å². The van der Waals surface area contributed by atoms with Crippen LogP contribution in [-0.2, 0) is 11.2 Å². The van der Waals surface area contributed by atoms with Crippen molar-refractivity contribution in [2.45, 2.75) is 27.2 Å². The van der Waals surface area contributed by atoms with Crippen molar-refractivity contribution in [1.82, 2.24) is 4.90 Å². The van der Waals surface area contributed by atoms with E-state index in [0.717, 1.165) is 11.3 Å². The number of thiophene rings is 1. The maximum absolute atomic E-state index is 12.6. The van der Waals surface area contributed by atoms with Crippen LogP contribution in [0.25, 0.3) is 0 Å². The van der Waals surface area contributed by atoms with E-state index in [1.165, 1.54) is 24.3 Å². The first kappa shape index (κ1) is 21.1. The van der Waals surface area contributed by atoms with E-state index in [1.807, 2.05) is 13.8 Å². The van der Waals surface area contributed by atoms with E-state index in [2.05, 4.69) is 11.4 Å². The van der Waals surface area contributed by atoms with Gasteiger partial charge < -0.3 is 10.2 Å². The maximum atomic E-state index is 12.6. The molecular weight excluding hydrogens is 380 g/mol. The Balaban J connectivity index is 2.20. The monoisotopic (exact) mass is 400 g/mol. The fourth-order valence-electron chi connectivity index (χ4n) is 2.69. The number of rotatable bonds is 7. The topological polar surface area (TPSA) is 116 Å². The summed E-state index contributed by atoms with van der Waals surface area (Å²) < 4.78 is 0. The number of benzene rings is 1. The molecular formula is C19H20N4O4S. The number of anilines is 1. The molecule has 0 unspecified atom stereocenters. The van der Waals surface area contributed by atoms with Crippen molar-refractivity contribution in [1.29, 1.82) is 5.26 Å². The Morgan fingerprint density at radius 3 is 2.36 bits per heavy atom. The Hall–Kier alpha value is -3.25. The van der Waals surface area contributed by atoms with Crippen molar-refractivity contribution in [2.75, 3.05) is 18.4 Å². The zero-order valence-corrected chi connectivity index (χ0v) is 16.6. The van der Waals surface area contributed by atoms with E-state index >= 15 is 0 Å². The number of carbonyl (C=O) groups is 2. The molecule has 1 N–H and O–H groups in total. The number of hydrogen-bond acceptors (Lipinski definition) is 6. The second-order valence-corrected chi connectivity index (χ2v) is 7.02. The van der Waals surface area contributed by atoms with Gasteiger partial charge in [-0.3, -0.25) is 19.7 Å². The van der Waals surface area contributed by atoms with Gasteiger partial charge in [0.05, 0.1) is 21.8 Å². The second kappa shape index (κ2) is 9.10. The molecule has 2 rings (SSSR count). The SMILES string of the molecule is CCN(CC)C(=O)c1sc(NC(=O)Cc2ccc([N+](=O)[O-])cc2)c(C#N)c1C. The van der Waals surface area contributed by atoms with Crippen LogP contribution >= 0.6 is 11.3 Å². The summed E-state index contributed by atoms with van der Waals surface area (Å²) in [4.78, 5) is 37.3. The molecule has 28 heavy (non-hydrogen) atoms. The largest absolute Gasteiger partial charge is 0.338 e. The summed E-state index contributed by atoms with van der Waals surface area (Å²) in [6.45, 7) is 6.55. The van der Waals surface area contributed by atoms with Gasteiger partial charge in [-0.1, -0.05) is 12.1 Å². The summed E-state index contributed by atoms with van der Waals surface area (Å²) in [6.07, 6.45) is -0.000858. The fourth-order valence-corrected chi connectivity index (χ4v) is 3.83. The van der Waals surface area contributed by atoms with Crippen LogP contribution < -0.4 is 5.32 Å². The third kappa shape index (κ3) is 4.53. The molecule has 0 spiro atoms. The van der Waals surface area contributed by atoms with Gasteiger partial charge >= 0.3 is 0 Å². The third-order valence-electron chi connectivity index (χ3n) is 4.27. The average molecular weight is 400 g/mol. The smallest absolute Gasteiger partial charge is 0.269 e. The molecule has 0 aliphatic carbocycles. The number of hydrogen-bond donors (Lipinski definition) is 1. The molecule has 0 radical (unpaired) electrons. The Morgan fingerprint density at radius 2 is 1.86 bits per heavy atom. The minimum absolute atomic E-state index is 0.000858. The number of nitro benzene ring substituents is 1. The van der Waals surface area contributed by atoms with E-state index in [1.54, 1.807) is 11.8 Å². The van der Waals surface area contributed by atoms with Crippen LogP contribution in [0.5, 0.6) is 0 Å².